The zero-order chi connectivity index (χ0) is 15.0. The van der Waals surface area contributed by atoms with Crippen molar-refractivity contribution in [3.05, 3.63) is 17.0 Å². The third-order valence-electron chi connectivity index (χ3n) is 5.22. The number of halogens is 1. The van der Waals surface area contributed by atoms with Crippen LogP contribution in [-0.2, 0) is 11.2 Å². The molecule has 2 bridgehead atoms. The Morgan fingerprint density at radius 3 is 2.50 bits per heavy atom. The highest BCUT2D eigenvalue weighted by Crippen LogP contribution is 2.39. The number of nitrogens with zero attached hydrogens (tertiary/aromatic N) is 1. The van der Waals surface area contributed by atoms with E-state index in [1.807, 2.05) is 13.8 Å². The molecule has 124 valence electrons. The van der Waals surface area contributed by atoms with E-state index >= 15 is 0 Å². The summed E-state index contributed by atoms with van der Waals surface area (Å²) in [5.74, 6) is 1.94. The van der Waals surface area contributed by atoms with E-state index < -0.39 is 0 Å². The molecule has 1 aromatic heterocycles. The fourth-order valence-electron chi connectivity index (χ4n) is 4.18. The largest absolute Gasteiger partial charge is 0.361 e. The molecule has 0 aromatic carbocycles. The monoisotopic (exact) mass is 327 g/mol. The molecule has 3 N–H and O–H groups in total. The average molecular weight is 328 g/mol. The molecular formula is C16H26ClN3O2. The average Bonchev–Trinajstić information content (AvgIpc) is 2.72. The lowest BCUT2D eigenvalue weighted by atomic mass is 9.67. The van der Waals surface area contributed by atoms with Crippen LogP contribution >= 0.6 is 12.4 Å². The van der Waals surface area contributed by atoms with Crippen molar-refractivity contribution >= 4 is 18.3 Å². The smallest absolute Gasteiger partial charge is 0.224 e. The lowest BCUT2D eigenvalue weighted by Gasteiger charge is -2.45. The fraction of sp³-hybridized carbons (Fsp3) is 0.750. The van der Waals surface area contributed by atoms with Crippen LogP contribution in [0, 0.1) is 25.7 Å². The van der Waals surface area contributed by atoms with E-state index in [2.05, 4.69) is 10.5 Å². The maximum atomic E-state index is 12.4. The van der Waals surface area contributed by atoms with Crippen molar-refractivity contribution in [2.24, 2.45) is 17.6 Å². The summed E-state index contributed by atoms with van der Waals surface area (Å²) in [5.41, 5.74) is 7.87. The first kappa shape index (κ1) is 17.3. The lowest BCUT2D eigenvalue weighted by Crippen LogP contribution is -2.54. The molecule has 0 aliphatic heterocycles. The van der Waals surface area contributed by atoms with Crippen LogP contribution in [0.5, 0.6) is 0 Å². The third-order valence-corrected chi connectivity index (χ3v) is 5.22. The second-order valence-corrected chi connectivity index (χ2v) is 6.76. The van der Waals surface area contributed by atoms with E-state index in [1.165, 1.54) is 19.3 Å². The number of carbonyl (C=O) groups excluding carboxylic acids is 1. The van der Waals surface area contributed by atoms with Gasteiger partial charge in [0.15, 0.2) is 0 Å². The maximum Gasteiger partial charge on any atom is 0.224 e. The molecule has 1 aromatic rings. The van der Waals surface area contributed by atoms with E-state index in [1.54, 1.807) is 0 Å². The van der Waals surface area contributed by atoms with E-state index in [0.717, 1.165) is 29.9 Å². The first-order chi connectivity index (χ1) is 10.0. The second kappa shape index (κ2) is 7.01. The molecule has 2 fully saturated rings. The van der Waals surface area contributed by atoms with Gasteiger partial charge in [-0.25, -0.2) is 0 Å². The van der Waals surface area contributed by atoms with Gasteiger partial charge >= 0.3 is 0 Å². The summed E-state index contributed by atoms with van der Waals surface area (Å²) in [6.07, 6.45) is 6.13. The molecule has 22 heavy (non-hydrogen) atoms. The SMILES string of the molecule is Cc1noc(C)c1CC(=O)NC1C2CCCC1CC(N)C2.Cl. The van der Waals surface area contributed by atoms with E-state index in [0.29, 0.717) is 30.3 Å². The minimum absolute atomic E-state index is 0. The van der Waals surface area contributed by atoms with Crippen molar-refractivity contribution in [1.29, 1.82) is 0 Å². The second-order valence-electron chi connectivity index (χ2n) is 6.76. The molecular weight excluding hydrogens is 302 g/mol. The van der Waals surface area contributed by atoms with Crippen LogP contribution in [0.1, 0.15) is 49.1 Å². The number of aryl methyl sites for hydroxylation is 2. The van der Waals surface area contributed by atoms with Gasteiger partial charge in [-0.1, -0.05) is 11.6 Å². The molecule has 2 aliphatic rings. The molecule has 2 saturated carbocycles. The Morgan fingerprint density at radius 1 is 1.32 bits per heavy atom. The zero-order valence-electron chi connectivity index (χ0n) is 13.3. The Balaban J connectivity index is 0.00000176. The van der Waals surface area contributed by atoms with Gasteiger partial charge in [-0.05, 0) is 51.4 Å². The third kappa shape index (κ3) is 3.46. The van der Waals surface area contributed by atoms with Crippen LogP contribution < -0.4 is 11.1 Å². The molecule has 1 heterocycles. The van der Waals surface area contributed by atoms with Crippen molar-refractivity contribution in [2.75, 3.05) is 0 Å². The Hall–Kier alpha value is -1.07. The van der Waals surface area contributed by atoms with Crippen LogP contribution in [0.3, 0.4) is 0 Å². The van der Waals surface area contributed by atoms with E-state index in [9.17, 15) is 4.79 Å². The van der Waals surface area contributed by atoms with Crippen LogP contribution in [0.2, 0.25) is 0 Å². The number of fused-ring (bicyclic) bond motifs is 2. The molecule has 5 nitrogen and oxygen atoms in total. The minimum Gasteiger partial charge on any atom is -0.361 e. The van der Waals surface area contributed by atoms with Gasteiger partial charge in [-0.2, -0.15) is 0 Å². The predicted octanol–water partition coefficient (Wildman–Crippen LogP) is 2.28. The first-order valence-corrected chi connectivity index (χ1v) is 8.01. The molecule has 0 radical (unpaired) electrons. The van der Waals surface area contributed by atoms with Gasteiger partial charge < -0.3 is 15.6 Å². The highest BCUT2D eigenvalue weighted by Gasteiger charge is 2.39. The number of aromatic nitrogens is 1. The van der Waals surface area contributed by atoms with Gasteiger partial charge in [-0.3, -0.25) is 4.79 Å². The van der Waals surface area contributed by atoms with Crippen molar-refractivity contribution in [3.63, 3.8) is 0 Å². The van der Waals surface area contributed by atoms with Gasteiger partial charge in [0.25, 0.3) is 0 Å². The summed E-state index contributed by atoms with van der Waals surface area (Å²) in [7, 11) is 0. The summed E-state index contributed by atoms with van der Waals surface area (Å²) in [5, 5.41) is 7.18. The van der Waals surface area contributed by atoms with Gasteiger partial charge in [0.1, 0.15) is 5.76 Å². The van der Waals surface area contributed by atoms with Crippen molar-refractivity contribution in [1.82, 2.24) is 10.5 Å². The van der Waals surface area contributed by atoms with Crippen molar-refractivity contribution in [2.45, 2.75) is 64.5 Å². The Bertz CT molecular complexity index is 498. The Labute approximate surface area is 137 Å². The first-order valence-electron chi connectivity index (χ1n) is 8.01. The summed E-state index contributed by atoms with van der Waals surface area (Å²) in [6.45, 7) is 3.74. The number of nitrogens with one attached hydrogen (secondary N) is 1. The molecule has 2 atom stereocenters. The number of carbonyl (C=O) groups is 1. The number of amides is 1. The lowest BCUT2D eigenvalue weighted by molar-refractivity contribution is -0.122. The van der Waals surface area contributed by atoms with E-state index in [-0.39, 0.29) is 18.3 Å². The normalized spacial score (nSPS) is 30.5. The molecule has 0 spiro atoms. The van der Waals surface area contributed by atoms with Crippen LogP contribution in [0.15, 0.2) is 4.52 Å². The number of hydrogen-bond acceptors (Lipinski definition) is 4. The Morgan fingerprint density at radius 2 is 1.95 bits per heavy atom. The topological polar surface area (TPSA) is 81.2 Å². The highest BCUT2D eigenvalue weighted by atomic mass is 35.5. The van der Waals surface area contributed by atoms with Crippen LogP contribution in [-0.4, -0.2) is 23.1 Å². The van der Waals surface area contributed by atoms with E-state index in [4.69, 9.17) is 10.3 Å². The van der Waals surface area contributed by atoms with Gasteiger partial charge in [-0.15, -0.1) is 12.4 Å². The summed E-state index contributed by atoms with van der Waals surface area (Å²) in [4.78, 5) is 12.4. The molecule has 1 amide bonds. The number of nitrogens with two attached hydrogens (primary N) is 1. The van der Waals surface area contributed by atoms with Crippen LogP contribution in [0.4, 0.5) is 0 Å². The van der Waals surface area contributed by atoms with Gasteiger partial charge in [0.2, 0.25) is 5.91 Å². The summed E-state index contributed by atoms with van der Waals surface area (Å²) < 4.78 is 5.13. The van der Waals surface area contributed by atoms with Crippen molar-refractivity contribution in [3.8, 4) is 0 Å². The summed E-state index contributed by atoms with van der Waals surface area (Å²) in [6, 6.07) is 0.627. The van der Waals surface area contributed by atoms with Crippen LogP contribution in [0.25, 0.3) is 0 Å². The molecule has 0 saturated heterocycles. The Kier molecular flexibility index (Phi) is 5.50. The molecule has 6 heteroatoms. The molecule has 3 rings (SSSR count). The highest BCUT2D eigenvalue weighted by molar-refractivity contribution is 5.85. The summed E-state index contributed by atoms with van der Waals surface area (Å²) >= 11 is 0. The standard InChI is InChI=1S/C16H25N3O2.ClH/c1-9-14(10(2)21-19-9)8-15(20)18-16-11-4-3-5-12(16)7-13(17)6-11;/h11-13,16H,3-8,17H2,1-2H3,(H,18,20);1H. The fourth-order valence-corrected chi connectivity index (χ4v) is 4.18. The van der Waals surface area contributed by atoms with Gasteiger partial charge in [0.05, 0.1) is 12.1 Å². The minimum atomic E-state index is 0. The zero-order valence-corrected chi connectivity index (χ0v) is 14.1. The molecule has 2 aliphatic carbocycles. The number of rotatable bonds is 3. The number of hydrogen-bond donors (Lipinski definition) is 2. The predicted molar refractivity (Wildman–Crippen MR) is 86.9 cm³/mol. The molecule has 2 unspecified atom stereocenters. The van der Waals surface area contributed by atoms with Gasteiger partial charge in [0, 0.05) is 17.6 Å². The van der Waals surface area contributed by atoms with Crippen molar-refractivity contribution < 1.29 is 9.32 Å². The quantitative estimate of drug-likeness (QED) is 0.892. The maximum absolute atomic E-state index is 12.4.